The Morgan fingerprint density at radius 3 is 2.70 bits per heavy atom. The minimum atomic E-state index is -0.753. The Balaban J connectivity index is 1.93. The lowest BCUT2D eigenvalue weighted by atomic mass is 9.87. The van der Waals surface area contributed by atoms with E-state index in [-0.39, 0.29) is 0 Å². The van der Waals surface area contributed by atoms with Crippen molar-refractivity contribution < 1.29 is 9.90 Å². The Labute approximate surface area is 124 Å². The summed E-state index contributed by atoms with van der Waals surface area (Å²) < 4.78 is 0. The number of nitrogens with one attached hydrogen (secondary N) is 1. The first kappa shape index (κ1) is 15.5. The van der Waals surface area contributed by atoms with E-state index >= 15 is 0 Å². The molecule has 1 aliphatic rings. The molecule has 1 aromatic rings. The van der Waals surface area contributed by atoms with Crippen LogP contribution in [0.3, 0.4) is 0 Å². The molecule has 112 valence electrons. The molecule has 5 heteroatoms. The Bertz CT molecular complexity index is 423. The molecule has 0 atom stereocenters. The van der Waals surface area contributed by atoms with Crippen molar-refractivity contribution in [3.05, 3.63) is 22.4 Å². The third-order valence-electron chi connectivity index (χ3n) is 3.92. The van der Waals surface area contributed by atoms with E-state index in [1.807, 2.05) is 17.5 Å². The summed E-state index contributed by atoms with van der Waals surface area (Å²) >= 11 is 1.67. The number of hydrogen-bond donors (Lipinski definition) is 2. The van der Waals surface area contributed by atoms with Gasteiger partial charge in [0.25, 0.3) is 0 Å². The van der Waals surface area contributed by atoms with Crippen LogP contribution in [-0.2, 0) is 11.3 Å². The van der Waals surface area contributed by atoms with Crippen molar-refractivity contribution in [2.75, 3.05) is 19.6 Å². The van der Waals surface area contributed by atoms with Crippen molar-refractivity contribution in [3.8, 4) is 0 Å². The van der Waals surface area contributed by atoms with Gasteiger partial charge in [-0.15, -0.1) is 11.3 Å². The topological polar surface area (TPSA) is 52.6 Å². The highest BCUT2D eigenvalue weighted by molar-refractivity contribution is 7.09. The zero-order chi connectivity index (χ0) is 14.6. The van der Waals surface area contributed by atoms with Crippen LogP contribution in [0.1, 0.15) is 31.6 Å². The van der Waals surface area contributed by atoms with Crippen LogP contribution in [0, 0.1) is 5.92 Å². The van der Waals surface area contributed by atoms with Gasteiger partial charge in [0.15, 0.2) is 0 Å². The monoisotopic (exact) mass is 296 g/mol. The van der Waals surface area contributed by atoms with Gasteiger partial charge in [-0.2, -0.15) is 0 Å². The first-order chi connectivity index (χ1) is 9.52. The van der Waals surface area contributed by atoms with Gasteiger partial charge in [-0.25, -0.2) is 0 Å². The molecular formula is C15H24N2O2S. The van der Waals surface area contributed by atoms with E-state index in [4.69, 9.17) is 0 Å². The van der Waals surface area contributed by atoms with Gasteiger partial charge in [-0.1, -0.05) is 19.9 Å². The molecule has 1 aromatic heterocycles. The number of carbonyl (C=O) groups is 1. The SMILES string of the molecule is CC(C)CN1CCC(NCc2cccs2)(C(=O)O)CC1. The molecule has 1 saturated heterocycles. The largest absolute Gasteiger partial charge is 0.480 e. The number of thiophene rings is 1. The van der Waals surface area contributed by atoms with Gasteiger partial charge >= 0.3 is 5.97 Å². The number of rotatable bonds is 6. The first-order valence-corrected chi connectivity index (χ1v) is 8.13. The van der Waals surface area contributed by atoms with Gasteiger partial charge in [-0.05, 0) is 30.2 Å². The number of nitrogens with zero attached hydrogens (tertiary/aromatic N) is 1. The second-order valence-corrected chi connectivity index (χ2v) is 7.05. The molecular weight excluding hydrogens is 272 g/mol. The lowest BCUT2D eigenvalue weighted by molar-refractivity contribution is -0.147. The molecule has 0 aromatic carbocycles. The van der Waals surface area contributed by atoms with E-state index in [0.29, 0.717) is 25.3 Å². The highest BCUT2D eigenvalue weighted by Crippen LogP contribution is 2.24. The van der Waals surface area contributed by atoms with Gasteiger partial charge in [0.05, 0.1) is 0 Å². The molecule has 1 aliphatic heterocycles. The summed E-state index contributed by atoms with van der Waals surface area (Å²) in [5, 5.41) is 14.9. The third kappa shape index (κ3) is 3.81. The number of aliphatic carboxylic acids is 1. The molecule has 4 nitrogen and oxygen atoms in total. The fraction of sp³-hybridized carbons (Fsp3) is 0.667. The lowest BCUT2D eigenvalue weighted by Crippen LogP contribution is -2.58. The lowest BCUT2D eigenvalue weighted by Gasteiger charge is -2.40. The average molecular weight is 296 g/mol. The fourth-order valence-electron chi connectivity index (χ4n) is 2.77. The zero-order valence-corrected chi connectivity index (χ0v) is 13.1. The maximum atomic E-state index is 11.7. The summed E-state index contributed by atoms with van der Waals surface area (Å²) in [6, 6.07) is 4.04. The highest BCUT2D eigenvalue weighted by Gasteiger charge is 2.41. The first-order valence-electron chi connectivity index (χ1n) is 7.25. The molecule has 0 radical (unpaired) electrons. The predicted octanol–water partition coefficient (Wildman–Crippen LogP) is 2.41. The van der Waals surface area contributed by atoms with Crippen molar-refractivity contribution in [2.45, 2.75) is 38.8 Å². The predicted molar refractivity (Wildman–Crippen MR) is 82.0 cm³/mol. The van der Waals surface area contributed by atoms with Crippen molar-refractivity contribution in [1.82, 2.24) is 10.2 Å². The van der Waals surface area contributed by atoms with Crippen LogP contribution in [0.4, 0.5) is 0 Å². The van der Waals surface area contributed by atoms with Crippen LogP contribution >= 0.6 is 11.3 Å². The zero-order valence-electron chi connectivity index (χ0n) is 12.3. The number of carboxylic acids is 1. The quantitative estimate of drug-likeness (QED) is 0.846. The maximum absolute atomic E-state index is 11.7. The summed E-state index contributed by atoms with van der Waals surface area (Å²) in [5.74, 6) is -0.0790. The van der Waals surface area contributed by atoms with Gasteiger partial charge in [0.1, 0.15) is 5.54 Å². The van der Waals surface area contributed by atoms with Crippen LogP contribution in [0.5, 0.6) is 0 Å². The van der Waals surface area contributed by atoms with Gasteiger partial charge in [0, 0.05) is 31.1 Å². The van der Waals surface area contributed by atoms with Crippen molar-refractivity contribution in [2.24, 2.45) is 5.92 Å². The van der Waals surface area contributed by atoms with Crippen LogP contribution in [0.25, 0.3) is 0 Å². The molecule has 0 aliphatic carbocycles. The molecule has 2 N–H and O–H groups in total. The summed E-state index contributed by atoms with van der Waals surface area (Å²) in [5.41, 5.74) is -0.753. The van der Waals surface area contributed by atoms with Gasteiger partial charge in [-0.3, -0.25) is 10.1 Å². The highest BCUT2D eigenvalue weighted by atomic mass is 32.1. The van der Waals surface area contributed by atoms with E-state index in [0.717, 1.165) is 19.6 Å². The average Bonchev–Trinajstić information content (AvgIpc) is 2.90. The minimum Gasteiger partial charge on any atom is -0.480 e. The molecule has 0 amide bonds. The summed E-state index contributed by atoms with van der Waals surface area (Å²) in [7, 11) is 0. The molecule has 0 unspecified atom stereocenters. The summed E-state index contributed by atoms with van der Waals surface area (Å²) in [4.78, 5) is 15.3. The van der Waals surface area contributed by atoms with E-state index in [1.54, 1.807) is 11.3 Å². The Morgan fingerprint density at radius 1 is 1.50 bits per heavy atom. The standard InChI is InChI=1S/C15H24N2O2S/c1-12(2)11-17-7-5-15(6-8-17,14(18)19)16-10-13-4-3-9-20-13/h3-4,9,12,16H,5-8,10-11H2,1-2H3,(H,18,19). The minimum absolute atomic E-state index is 0.631. The van der Waals surface area contributed by atoms with E-state index < -0.39 is 11.5 Å². The summed E-state index contributed by atoms with van der Waals surface area (Å²) in [6.07, 6.45) is 1.36. The van der Waals surface area contributed by atoms with Crippen molar-refractivity contribution in [3.63, 3.8) is 0 Å². The van der Waals surface area contributed by atoms with E-state index in [9.17, 15) is 9.90 Å². The molecule has 0 bridgehead atoms. The van der Waals surface area contributed by atoms with E-state index in [1.165, 1.54) is 4.88 Å². The van der Waals surface area contributed by atoms with Gasteiger partial charge in [0.2, 0.25) is 0 Å². The smallest absolute Gasteiger partial charge is 0.324 e. The Hall–Kier alpha value is -0.910. The second kappa shape index (κ2) is 6.70. The van der Waals surface area contributed by atoms with Crippen LogP contribution < -0.4 is 5.32 Å². The molecule has 20 heavy (non-hydrogen) atoms. The molecule has 2 heterocycles. The molecule has 2 rings (SSSR count). The number of carboxylic acid groups (broad SMARTS) is 1. The van der Waals surface area contributed by atoms with E-state index in [2.05, 4.69) is 24.1 Å². The number of piperidine rings is 1. The second-order valence-electron chi connectivity index (χ2n) is 6.01. The molecule has 1 fully saturated rings. The molecule has 0 spiro atoms. The Morgan fingerprint density at radius 2 is 2.20 bits per heavy atom. The van der Waals surface area contributed by atoms with Crippen LogP contribution in [-0.4, -0.2) is 41.1 Å². The van der Waals surface area contributed by atoms with Crippen molar-refractivity contribution >= 4 is 17.3 Å². The normalized spacial score (nSPS) is 19.4. The third-order valence-corrected chi connectivity index (χ3v) is 4.80. The van der Waals surface area contributed by atoms with Crippen LogP contribution in [0.15, 0.2) is 17.5 Å². The number of hydrogen-bond acceptors (Lipinski definition) is 4. The maximum Gasteiger partial charge on any atom is 0.324 e. The number of likely N-dealkylation sites (tertiary alicyclic amines) is 1. The van der Waals surface area contributed by atoms with Gasteiger partial charge < -0.3 is 10.0 Å². The van der Waals surface area contributed by atoms with Crippen LogP contribution in [0.2, 0.25) is 0 Å². The van der Waals surface area contributed by atoms with Crippen molar-refractivity contribution in [1.29, 1.82) is 0 Å². The molecule has 0 saturated carbocycles. The fourth-order valence-corrected chi connectivity index (χ4v) is 3.41. The Kier molecular flexibility index (Phi) is 5.18. The summed E-state index contributed by atoms with van der Waals surface area (Å²) in [6.45, 7) is 7.83.